The molecule has 0 bridgehead atoms. The molecule has 0 radical (unpaired) electrons. The molecule has 1 heterocycles. The lowest BCUT2D eigenvalue weighted by atomic mass is 9.79. The Morgan fingerprint density at radius 1 is 1.11 bits per heavy atom. The van der Waals surface area contributed by atoms with Gasteiger partial charge < -0.3 is 0 Å². The minimum Gasteiger partial charge on any atom is -0.212 e. The Morgan fingerprint density at radius 2 is 1.93 bits per heavy atom. The molecule has 0 fully saturated rings. The quantitative estimate of drug-likeness (QED) is 0.538. The van der Waals surface area contributed by atoms with E-state index in [1.807, 2.05) is 0 Å². The maximum absolute atomic E-state index is 13.1. The Labute approximate surface area is 178 Å². The highest BCUT2D eigenvalue weighted by molar-refractivity contribution is 9.10. The highest BCUT2D eigenvalue weighted by Gasteiger charge is 2.32. The zero-order valence-electron chi connectivity index (χ0n) is 14.7. The topological polar surface area (TPSA) is 37.4 Å². The van der Waals surface area contributed by atoms with Gasteiger partial charge in [0.05, 0.1) is 15.8 Å². The summed E-state index contributed by atoms with van der Waals surface area (Å²) >= 11 is 15.7. The average molecular weight is 489 g/mol. The number of benzene rings is 2. The fourth-order valence-electron chi connectivity index (χ4n) is 4.28. The van der Waals surface area contributed by atoms with Gasteiger partial charge in [0, 0.05) is 17.6 Å². The van der Waals surface area contributed by atoms with E-state index in [1.54, 1.807) is 22.5 Å². The number of nitrogens with zero attached hydrogens (tertiary/aromatic N) is 1. The average Bonchev–Trinajstić information content (AvgIpc) is 2.82. The molecule has 1 unspecified atom stereocenters. The van der Waals surface area contributed by atoms with Gasteiger partial charge >= 0.3 is 0 Å². The molecule has 4 rings (SSSR count). The lowest BCUT2D eigenvalue weighted by Crippen LogP contribution is -2.32. The van der Waals surface area contributed by atoms with Crippen molar-refractivity contribution < 1.29 is 8.42 Å². The summed E-state index contributed by atoms with van der Waals surface area (Å²) in [6.45, 7) is 0.996. The van der Waals surface area contributed by atoms with Crippen molar-refractivity contribution in [1.82, 2.24) is 4.31 Å². The molecule has 27 heavy (non-hydrogen) atoms. The van der Waals surface area contributed by atoms with Gasteiger partial charge in [-0.15, -0.1) is 0 Å². The van der Waals surface area contributed by atoms with Crippen LogP contribution in [0, 0.1) is 0 Å². The van der Waals surface area contributed by atoms with Crippen molar-refractivity contribution in [2.75, 3.05) is 6.54 Å². The first kappa shape index (κ1) is 19.7. The summed E-state index contributed by atoms with van der Waals surface area (Å²) in [4.78, 5) is 0. The van der Waals surface area contributed by atoms with Crippen molar-refractivity contribution in [2.24, 2.45) is 0 Å². The number of hydrogen-bond donors (Lipinski definition) is 0. The fourth-order valence-corrected chi connectivity index (χ4v) is 6.65. The molecule has 0 saturated carbocycles. The van der Waals surface area contributed by atoms with E-state index in [2.05, 4.69) is 28.1 Å². The van der Waals surface area contributed by atoms with Crippen molar-refractivity contribution in [3.05, 3.63) is 67.1 Å². The second kappa shape index (κ2) is 7.68. The molecule has 0 saturated heterocycles. The second-order valence-corrected chi connectivity index (χ2v) is 11.0. The summed E-state index contributed by atoms with van der Waals surface area (Å²) in [6, 6.07) is 9.15. The van der Waals surface area contributed by atoms with Crippen LogP contribution in [0.15, 0.2) is 34.8 Å². The van der Waals surface area contributed by atoms with Crippen molar-refractivity contribution in [1.29, 1.82) is 0 Å². The van der Waals surface area contributed by atoms with Crippen LogP contribution in [0.1, 0.15) is 47.4 Å². The largest absolute Gasteiger partial charge is 0.218 e. The molecular formula is C20H20BrCl2NO2S. The predicted octanol–water partition coefficient (Wildman–Crippen LogP) is 5.91. The van der Waals surface area contributed by atoms with Gasteiger partial charge in [-0.25, -0.2) is 8.42 Å². The van der Waals surface area contributed by atoms with E-state index in [1.165, 1.54) is 11.1 Å². The van der Waals surface area contributed by atoms with Gasteiger partial charge in [-0.05, 0) is 72.1 Å². The monoisotopic (exact) mass is 487 g/mol. The van der Waals surface area contributed by atoms with Crippen molar-refractivity contribution in [2.45, 2.75) is 43.9 Å². The zero-order chi connectivity index (χ0) is 19.2. The Balaban J connectivity index is 1.64. The third-order valence-corrected chi connectivity index (χ3v) is 8.86. The first-order chi connectivity index (χ1) is 12.8. The number of rotatable bonds is 3. The molecule has 1 atom stereocenters. The molecule has 144 valence electrons. The zero-order valence-corrected chi connectivity index (χ0v) is 18.6. The lowest BCUT2D eigenvalue weighted by molar-refractivity contribution is 0.393. The van der Waals surface area contributed by atoms with Crippen LogP contribution in [-0.4, -0.2) is 19.3 Å². The Kier molecular flexibility index (Phi) is 5.61. The van der Waals surface area contributed by atoms with Crippen LogP contribution in [0.3, 0.4) is 0 Å². The smallest absolute Gasteiger partial charge is 0.212 e. The number of hydrogen-bond acceptors (Lipinski definition) is 2. The maximum atomic E-state index is 13.1. The summed E-state index contributed by atoms with van der Waals surface area (Å²) < 4.78 is 29.0. The fraction of sp³-hybridized carbons (Fsp3) is 0.400. The maximum Gasteiger partial charge on any atom is 0.218 e. The normalized spacial score (nSPS) is 20.2. The van der Waals surface area contributed by atoms with E-state index in [4.69, 9.17) is 23.2 Å². The second-order valence-electron chi connectivity index (χ2n) is 7.31. The van der Waals surface area contributed by atoms with Gasteiger partial charge in [0.25, 0.3) is 0 Å². The molecule has 1 aliphatic carbocycles. The summed E-state index contributed by atoms with van der Waals surface area (Å²) in [5.74, 6) is 0.388. The van der Waals surface area contributed by atoms with Crippen LogP contribution < -0.4 is 0 Å². The van der Waals surface area contributed by atoms with E-state index in [-0.39, 0.29) is 5.75 Å². The Morgan fingerprint density at radius 3 is 2.70 bits per heavy atom. The van der Waals surface area contributed by atoms with Crippen LogP contribution in [0.5, 0.6) is 0 Å². The standard InChI is InChI=1S/C20H20BrCl2NO2S/c21-17-6-5-15-11-24(9-8-14-2-1-3-16(17)20(14)15)27(25,26)12-13-4-7-18(22)19(23)10-13/h4-7,10,14H,1-3,8-9,11-12H2. The van der Waals surface area contributed by atoms with Crippen molar-refractivity contribution >= 4 is 49.2 Å². The molecule has 3 nitrogen and oxygen atoms in total. The van der Waals surface area contributed by atoms with E-state index in [0.717, 1.165) is 35.7 Å². The third kappa shape index (κ3) is 3.95. The van der Waals surface area contributed by atoms with Crippen LogP contribution >= 0.6 is 39.1 Å². The molecule has 2 aromatic carbocycles. The van der Waals surface area contributed by atoms with Crippen LogP contribution in [0.2, 0.25) is 10.0 Å². The third-order valence-electron chi connectivity index (χ3n) is 5.58. The molecule has 2 aromatic rings. The molecule has 0 amide bonds. The van der Waals surface area contributed by atoms with Gasteiger partial charge in [0.2, 0.25) is 10.0 Å². The molecule has 1 aliphatic heterocycles. The minimum atomic E-state index is -3.45. The number of halogens is 3. The summed E-state index contributed by atoms with van der Waals surface area (Å²) in [5, 5.41) is 0.812. The SMILES string of the molecule is O=S(=O)(Cc1ccc(Cl)c(Cl)c1)N1CCC2CCCc3c(Br)ccc(c32)C1. The van der Waals surface area contributed by atoms with Crippen LogP contribution in [0.4, 0.5) is 0 Å². The Hall–Kier alpha value is -0.590. The van der Waals surface area contributed by atoms with Gasteiger partial charge in [-0.2, -0.15) is 4.31 Å². The lowest BCUT2D eigenvalue weighted by Gasteiger charge is -2.26. The number of sulfonamides is 1. The van der Waals surface area contributed by atoms with Gasteiger partial charge in [0.1, 0.15) is 0 Å². The van der Waals surface area contributed by atoms with E-state index in [9.17, 15) is 8.42 Å². The molecule has 2 aliphatic rings. The summed E-state index contributed by atoms with van der Waals surface area (Å²) in [7, 11) is -3.45. The predicted molar refractivity (Wildman–Crippen MR) is 114 cm³/mol. The van der Waals surface area contributed by atoms with Gasteiger partial charge in [0.15, 0.2) is 0 Å². The molecule has 0 aromatic heterocycles. The van der Waals surface area contributed by atoms with E-state index < -0.39 is 10.0 Å². The highest BCUT2D eigenvalue weighted by atomic mass is 79.9. The summed E-state index contributed by atoms with van der Waals surface area (Å²) in [5.41, 5.74) is 4.55. The van der Waals surface area contributed by atoms with Crippen molar-refractivity contribution in [3.8, 4) is 0 Å². The van der Waals surface area contributed by atoms with Crippen LogP contribution in [0.25, 0.3) is 0 Å². The minimum absolute atomic E-state index is 0.0622. The van der Waals surface area contributed by atoms with E-state index >= 15 is 0 Å². The summed E-state index contributed by atoms with van der Waals surface area (Å²) in [6.07, 6.45) is 4.24. The van der Waals surface area contributed by atoms with Crippen LogP contribution in [-0.2, 0) is 28.7 Å². The Bertz CT molecular complexity index is 994. The highest BCUT2D eigenvalue weighted by Crippen LogP contribution is 2.42. The van der Waals surface area contributed by atoms with Crippen molar-refractivity contribution in [3.63, 3.8) is 0 Å². The molecule has 0 spiro atoms. The van der Waals surface area contributed by atoms with Gasteiger partial charge in [-0.3, -0.25) is 0 Å². The molecular weight excluding hydrogens is 469 g/mol. The molecule has 0 N–H and O–H groups in total. The van der Waals surface area contributed by atoms with E-state index in [0.29, 0.717) is 34.6 Å². The molecule has 7 heteroatoms. The first-order valence-corrected chi connectivity index (χ1v) is 12.2. The first-order valence-electron chi connectivity index (χ1n) is 9.07. The van der Waals surface area contributed by atoms with Gasteiger partial charge in [-0.1, -0.05) is 51.3 Å².